The predicted octanol–water partition coefficient (Wildman–Crippen LogP) is 0.696. The molecular weight excluding hydrogens is 202 g/mol. The average molecular weight is 227 g/mol. The van der Waals surface area contributed by atoms with Crippen molar-refractivity contribution in [2.75, 3.05) is 40.3 Å². The molecule has 16 heavy (non-hydrogen) atoms. The highest BCUT2D eigenvalue weighted by molar-refractivity contribution is 4.81. The van der Waals surface area contributed by atoms with Gasteiger partial charge in [0.1, 0.15) is 0 Å². The van der Waals surface area contributed by atoms with Crippen molar-refractivity contribution in [3.8, 4) is 0 Å². The maximum Gasteiger partial charge on any atom is 0.0737 e. The van der Waals surface area contributed by atoms with Crippen molar-refractivity contribution in [1.29, 1.82) is 0 Å². The van der Waals surface area contributed by atoms with Crippen LogP contribution in [0.1, 0.15) is 25.7 Å². The smallest absolute Gasteiger partial charge is 0.0737 e. The normalized spacial score (nSPS) is 34.1. The molecule has 0 aromatic rings. The number of hydrazine groups is 1. The molecule has 1 saturated heterocycles. The van der Waals surface area contributed by atoms with Gasteiger partial charge in [-0.3, -0.25) is 0 Å². The van der Waals surface area contributed by atoms with Gasteiger partial charge in [0.2, 0.25) is 0 Å². The number of likely N-dealkylation sites (N-methyl/N-ethyl adjacent to an activating group) is 1. The molecule has 0 spiro atoms. The summed E-state index contributed by atoms with van der Waals surface area (Å²) in [7, 11) is 4.03. The lowest BCUT2D eigenvalue weighted by atomic mass is 9.93. The van der Waals surface area contributed by atoms with E-state index in [2.05, 4.69) is 22.4 Å². The molecule has 2 atom stereocenters. The number of rotatable bonds is 3. The van der Waals surface area contributed by atoms with E-state index in [9.17, 15) is 0 Å². The summed E-state index contributed by atoms with van der Waals surface area (Å²) in [5.74, 6) is 0. The Morgan fingerprint density at radius 2 is 1.75 bits per heavy atom. The second-order valence-corrected chi connectivity index (χ2v) is 5.08. The van der Waals surface area contributed by atoms with Crippen LogP contribution >= 0.6 is 0 Å². The highest BCUT2D eigenvalue weighted by Crippen LogP contribution is 2.21. The van der Waals surface area contributed by atoms with Crippen LogP contribution in [0.3, 0.4) is 0 Å². The number of methoxy groups -OCH3 is 1. The molecule has 1 aliphatic heterocycles. The number of hydrogen-bond acceptors (Lipinski definition) is 4. The predicted molar refractivity (Wildman–Crippen MR) is 65.3 cm³/mol. The molecule has 2 aliphatic rings. The molecule has 2 unspecified atom stereocenters. The van der Waals surface area contributed by atoms with Crippen LogP contribution in [0.5, 0.6) is 0 Å². The van der Waals surface area contributed by atoms with Gasteiger partial charge in [0.05, 0.1) is 6.10 Å². The van der Waals surface area contributed by atoms with Gasteiger partial charge in [0, 0.05) is 39.3 Å². The first-order chi connectivity index (χ1) is 7.79. The fraction of sp³-hybridized carbons (Fsp3) is 1.00. The number of hydrogen-bond donors (Lipinski definition) is 1. The van der Waals surface area contributed by atoms with Crippen LogP contribution in [-0.2, 0) is 4.74 Å². The zero-order valence-corrected chi connectivity index (χ0v) is 10.6. The lowest BCUT2D eigenvalue weighted by molar-refractivity contribution is -0.00393. The molecule has 0 aromatic carbocycles. The standard InChI is InChI=1S/C12H25N3O/c1-14-7-9-15(10-8-14)13-11-5-3-4-6-12(11)16-2/h11-13H,3-10H2,1-2H3. The summed E-state index contributed by atoms with van der Waals surface area (Å²) in [6, 6.07) is 0.530. The topological polar surface area (TPSA) is 27.7 Å². The molecule has 0 bridgehead atoms. The molecule has 1 N–H and O–H groups in total. The molecule has 4 nitrogen and oxygen atoms in total. The maximum atomic E-state index is 5.57. The molecular formula is C12H25N3O. The Hall–Kier alpha value is -0.160. The minimum atomic E-state index is 0.411. The lowest BCUT2D eigenvalue weighted by Gasteiger charge is -2.39. The van der Waals surface area contributed by atoms with Gasteiger partial charge in [0.15, 0.2) is 0 Å². The number of piperazine rings is 1. The van der Waals surface area contributed by atoms with Crippen molar-refractivity contribution in [1.82, 2.24) is 15.3 Å². The Labute approximate surface area is 98.9 Å². The van der Waals surface area contributed by atoms with Crippen molar-refractivity contribution in [3.63, 3.8) is 0 Å². The van der Waals surface area contributed by atoms with Crippen molar-refractivity contribution in [2.45, 2.75) is 37.8 Å². The van der Waals surface area contributed by atoms with E-state index in [4.69, 9.17) is 4.74 Å². The molecule has 1 heterocycles. The first kappa shape index (κ1) is 12.3. The van der Waals surface area contributed by atoms with E-state index in [1.165, 1.54) is 25.7 Å². The summed E-state index contributed by atoms with van der Waals surface area (Å²) in [6.45, 7) is 4.58. The minimum Gasteiger partial charge on any atom is -0.380 e. The Balaban J connectivity index is 1.78. The van der Waals surface area contributed by atoms with E-state index in [1.54, 1.807) is 0 Å². The van der Waals surface area contributed by atoms with Crippen LogP contribution in [0, 0.1) is 0 Å². The number of ether oxygens (including phenoxy) is 1. The Morgan fingerprint density at radius 3 is 2.44 bits per heavy atom. The van der Waals surface area contributed by atoms with Crippen molar-refractivity contribution in [2.24, 2.45) is 0 Å². The first-order valence-corrected chi connectivity index (χ1v) is 6.52. The summed E-state index contributed by atoms with van der Waals surface area (Å²) >= 11 is 0. The molecule has 1 aliphatic carbocycles. The third-order valence-corrected chi connectivity index (χ3v) is 3.86. The highest BCUT2D eigenvalue weighted by atomic mass is 16.5. The number of nitrogens with one attached hydrogen (secondary N) is 1. The molecule has 4 heteroatoms. The summed E-state index contributed by atoms with van der Waals surface area (Å²) in [5, 5.41) is 2.38. The van der Waals surface area contributed by atoms with E-state index in [-0.39, 0.29) is 0 Å². The molecule has 0 aromatic heterocycles. The Bertz CT molecular complexity index is 204. The quantitative estimate of drug-likeness (QED) is 0.768. The average Bonchev–Trinajstić information content (AvgIpc) is 2.33. The fourth-order valence-electron chi connectivity index (χ4n) is 2.70. The van der Waals surface area contributed by atoms with Crippen LogP contribution in [0.25, 0.3) is 0 Å². The fourth-order valence-corrected chi connectivity index (χ4v) is 2.70. The summed E-state index contributed by atoms with van der Waals surface area (Å²) in [4.78, 5) is 2.38. The molecule has 1 saturated carbocycles. The van der Waals surface area contributed by atoms with Gasteiger partial charge in [-0.25, -0.2) is 10.4 Å². The van der Waals surface area contributed by atoms with Gasteiger partial charge in [0.25, 0.3) is 0 Å². The van der Waals surface area contributed by atoms with Gasteiger partial charge in [-0.15, -0.1) is 0 Å². The van der Waals surface area contributed by atoms with E-state index in [0.29, 0.717) is 12.1 Å². The summed E-state index contributed by atoms with van der Waals surface area (Å²) in [6.07, 6.45) is 5.53. The molecule has 94 valence electrons. The van der Waals surface area contributed by atoms with Crippen molar-refractivity contribution < 1.29 is 4.74 Å². The minimum absolute atomic E-state index is 0.411. The van der Waals surface area contributed by atoms with Gasteiger partial charge in [-0.2, -0.15) is 0 Å². The van der Waals surface area contributed by atoms with Gasteiger partial charge in [-0.05, 0) is 19.9 Å². The van der Waals surface area contributed by atoms with Crippen LogP contribution in [0.2, 0.25) is 0 Å². The van der Waals surface area contributed by atoms with E-state index in [1.807, 2.05) is 7.11 Å². The summed E-state index contributed by atoms with van der Waals surface area (Å²) < 4.78 is 5.57. The molecule has 2 rings (SSSR count). The van der Waals surface area contributed by atoms with Crippen LogP contribution < -0.4 is 5.43 Å². The van der Waals surface area contributed by atoms with Crippen LogP contribution in [0.4, 0.5) is 0 Å². The van der Waals surface area contributed by atoms with E-state index < -0.39 is 0 Å². The zero-order chi connectivity index (χ0) is 11.4. The molecule has 0 radical (unpaired) electrons. The van der Waals surface area contributed by atoms with E-state index in [0.717, 1.165) is 26.2 Å². The molecule has 2 fully saturated rings. The first-order valence-electron chi connectivity index (χ1n) is 6.52. The lowest BCUT2D eigenvalue weighted by Crippen LogP contribution is -2.57. The highest BCUT2D eigenvalue weighted by Gasteiger charge is 2.27. The van der Waals surface area contributed by atoms with Gasteiger partial charge in [-0.1, -0.05) is 12.8 Å². The largest absolute Gasteiger partial charge is 0.380 e. The second-order valence-electron chi connectivity index (χ2n) is 5.08. The Kier molecular flexibility index (Phi) is 4.58. The zero-order valence-electron chi connectivity index (χ0n) is 10.6. The maximum absolute atomic E-state index is 5.57. The van der Waals surface area contributed by atoms with E-state index >= 15 is 0 Å². The van der Waals surface area contributed by atoms with Gasteiger partial charge >= 0.3 is 0 Å². The molecule has 0 amide bonds. The van der Waals surface area contributed by atoms with Crippen LogP contribution in [0.15, 0.2) is 0 Å². The van der Waals surface area contributed by atoms with Crippen LogP contribution in [-0.4, -0.2) is 62.4 Å². The summed E-state index contributed by atoms with van der Waals surface area (Å²) in [5.41, 5.74) is 3.66. The number of nitrogens with zero attached hydrogens (tertiary/aromatic N) is 2. The second kappa shape index (κ2) is 5.96. The van der Waals surface area contributed by atoms with Crippen molar-refractivity contribution in [3.05, 3.63) is 0 Å². The van der Waals surface area contributed by atoms with Crippen molar-refractivity contribution >= 4 is 0 Å². The SMILES string of the molecule is COC1CCCCC1NN1CCN(C)CC1. The Morgan fingerprint density at radius 1 is 1.06 bits per heavy atom. The third-order valence-electron chi connectivity index (χ3n) is 3.86. The monoisotopic (exact) mass is 227 g/mol. The third kappa shape index (κ3) is 3.17. The van der Waals surface area contributed by atoms with Gasteiger partial charge < -0.3 is 9.64 Å².